The van der Waals surface area contributed by atoms with Gasteiger partial charge in [0.05, 0.1) is 6.04 Å². The number of benzene rings is 2. The summed E-state index contributed by atoms with van der Waals surface area (Å²) >= 11 is 0. The minimum Gasteiger partial charge on any atom is -0.457 e. The van der Waals surface area contributed by atoms with Gasteiger partial charge in [0.15, 0.2) is 0 Å². The molecular formula is C19H16FNO2. The molecule has 3 nitrogen and oxygen atoms in total. The van der Waals surface area contributed by atoms with Crippen LogP contribution in [-0.4, -0.2) is 5.91 Å². The van der Waals surface area contributed by atoms with Crippen molar-refractivity contribution in [3.63, 3.8) is 0 Å². The van der Waals surface area contributed by atoms with Gasteiger partial charge in [0.2, 0.25) is 5.91 Å². The number of amides is 1. The van der Waals surface area contributed by atoms with Gasteiger partial charge in [-0.3, -0.25) is 4.79 Å². The first-order valence-electron chi connectivity index (χ1n) is 7.34. The number of carbonyl (C=O) groups is 1. The first-order valence-corrected chi connectivity index (χ1v) is 7.34. The van der Waals surface area contributed by atoms with Crippen molar-refractivity contribution in [2.24, 2.45) is 0 Å². The SMILES string of the molecule is CC(NC(=O)/C=C/c1cc2ccccc2o1)c1ccc(F)cc1. The molecule has 0 spiro atoms. The molecule has 0 saturated heterocycles. The third-order valence-corrected chi connectivity index (χ3v) is 3.57. The molecule has 3 rings (SSSR count). The highest BCUT2D eigenvalue weighted by molar-refractivity contribution is 5.92. The molecule has 0 saturated carbocycles. The molecule has 0 aliphatic heterocycles. The second kappa shape index (κ2) is 6.48. The number of hydrogen-bond acceptors (Lipinski definition) is 2. The van der Waals surface area contributed by atoms with E-state index >= 15 is 0 Å². The van der Waals surface area contributed by atoms with E-state index in [1.54, 1.807) is 18.2 Å². The Morgan fingerprint density at radius 3 is 2.65 bits per heavy atom. The van der Waals surface area contributed by atoms with Gasteiger partial charge in [0.1, 0.15) is 17.2 Å². The van der Waals surface area contributed by atoms with Crippen LogP contribution in [-0.2, 0) is 4.79 Å². The van der Waals surface area contributed by atoms with E-state index in [2.05, 4.69) is 5.32 Å². The zero-order valence-electron chi connectivity index (χ0n) is 12.6. The van der Waals surface area contributed by atoms with E-state index < -0.39 is 0 Å². The Balaban J connectivity index is 1.65. The van der Waals surface area contributed by atoms with Crippen LogP contribution in [0.2, 0.25) is 0 Å². The van der Waals surface area contributed by atoms with Crippen molar-refractivity contribution in [2.75, 3.05) is 0 Å². The highest BCUT2D eigenvalue weighted by Gasteiger charge is 2.08. The Labute approximate surface area is 133 Å². The molecule has 0 bridgehead atoms. The Morgan fingerprint density at radius 2 is 1.91 bits per heavy atom. The standard InChI is InChI=1S/C19H16FNO2/c1-13(14-6-8-16(20)9-7-14)21-19(22)11-10-17-12-15-4-2-3-5-18(15)23-17/h2-13H,1H3,(H,21,22)/b11-10+. The zero-order valence-corrected chi connectivity index (χ0v) is 12.6. The third kappa shape index (κ3) is 3.66. The minimum atomic E-state index is -0.294. The summed E-state index contributed by atoms with van der Waals surface area (Å²) < 4.78 is 18.5. The van der Waals surface area contributed by atoms with Crippen LogP contribution in [0.5, 0.6) is 0 Å². The molecule has 0 aliphatic rings. The van der Waals surface area contributed by atoms with E-state index in [1.165, 1.54) is 18.2 Å². The number of carbonyl (C=O) groups excluding carboxylic acids is 1. The molecule has 116 valence electrons. The summed E-state index contributed by atoms with van der Waals surface area (Å²) in [5.41, 5.74) is 1.63. The molecule has 1 unspecified atom stereocenters. The first-order chi connectivity index (χ1) is 11.1. The third-order valence-electron chi connectivity index (χ3n) is 3.57. The van der Waals surface area contributed by atoms with E-state index in [4.69, 9.17) is 4.42 Å². The van der Waals surface area contributed by atoms with Crippen molar-refractivity contribution in [1.29, 1.82) is 0 Å². The normalized spacial score (nSPS) is 12.6. The number of rotatable bonds is 4. The molecule has 1 amide bonds. The number of para-hydroxylation sites is 1. The van der Waals surface area contributed by atoms with E-state index in [-0.39, 0.29) is 17.8 Å². The summed E-state index contributed by atoms with van der Waals surface area (Å²) in [7, 11) is 0. The van der Waals surface area contributed by atoms with Gasteiger partial charge in [0.25, 0.3) is 0 Å². The maximum Gasteiger partial charge on any atom is 0.244 e. The van der Waals surface area contributed by atoms with E-state index in [1.807, 2.05) is 37.3 Å². The molecule has 1 heterocycles. The lowest BCUT2D eigenvalue weighted by Crippen LogP contribution is -2.24. The van der Waals surface area contributed by atoms with Crippen molar-refractivity contribution in [1.82, 2.24) is 5.32 Å². The quantitative estimate of drug-likeness (QED) is 0.723. The van der Waals surface area contributed by atoms with Crippen LogP contribution in [0.1, 0.15) is 24.3 Å². The molecule has 0 radical (unpaired) electrons. The van der Waals surface area contributed by atoms with Crippen molar-refractivity contribution >= 4 is 23.0 Å². The summed E-state index contributed by atoms with van der Waals surface area (Å²) in [6.45, 7) is 1.85. The second-order valence-corrected chi connectivity index (χ2v) is 5.30. The Kier molecular flexibility index (Phi) is 4.24. The zero-order chi connectivity index (χ0) is 16.2. The van der Waals surface area contributed by atoms with Gasteiger partial charge in [-0.05, 0) is 42.8 Å². The van der Waals surface area contributed by atoms with Gasteiger partial charge in [-0.2, -0.15) is 0 Å². The van der Waals surface area contributed by atoms with Gasteiger partial charge in [-0.1, -0.05) is 30.3 Å². The molecule has 2 aromatic carbocycles. The van der Waals surface area contributed by atoms with Crippen molar-refractivity contribution in [2.45, 2.75) is 13.0 Å². The van der Waals surface area contributed by atoms with Gasteiger partial charge < -0.3 is 9.73 Å². The molecule has 1 aromatic heterocycles. The van der Waals surface area contributed by atoms with Crippen LogP contribution in [0.25, 0.3) is 17.0 Å². The first kappa shape index (κ1) is 15.0. The number of nitrogens with one attached hydrogen (secondary N) is 1. The summed E-state index contributed by atoms with van der Waals surface area (Å²) in [5.74, 6) is 0.0927. The Bertz CT molecular complexity index is 816. The van der Waals surface area contributed by atoms with Gasteiger partial charge in [-0.15, -0.1) is 0 Å². The van der Waals surface area contributed by atoms with E-state index in [9.17, 15) is 9.18 Å². The molecule has 1 atom stereocenters. The number of furan rings is 1. The van der Waals surface area contributed by atoms with Crippen LogP contribution in [0, 0.1) is 5.82 Å². The molecule has 0 aliphatic carbocycles. The van der Waals surface area contributed by atoms with Gasteiger partial charge >= 0.3 is 0 Å². The van der Waals surface area contributed by atoms with Crippen LogP contribution in [0.4, 0.5) is 4.39 Å². The number of halogens is 1. The molecule has 0 fully saturated rings. The van der Waals surface area contributed by atoms with Crippen LogP contribution in [0.3, 0.4) is 0 Å². The second-order valence-electron chi connectivity index (χ2n) is 5.30. The predicted molar refractivity (Wildman–Crippen MR) is 88.2 cm³/mol. The highest BCUT2D eigenvalue weighted by Crippen LogP contribution is 2.19. The lowest BCUT2D eigenvalue weighted by Gasteiger charge is -2.12. The lowest BCUT2D eigenvalue weighted by atomic mass is 10.1. The molecule has 1 N–H and O–H groups in total. The highest BCUT2D eigenvalue weighted by atomic mass is 19.1. The fourth-order valence-corrected chi connectivity index (χ4v) is 2.34. The fraction of sp³-hybridized carbons (Fsp3) is 0.105. The van der Waals surface area contributed by atoms with Crippen LogP contribution < -0.4 is 5.32 Å². The van der Waals surface area contributed by atoms with Gasteiger partial charge in [0, 0.05) is 11.5 Å². The van der Waals surface area contributed by atoms with E-state index in [0.29, 0.717) is 5.76 Å². The average molecular weight is 309 g/mol. The van der Waals surface area contributed by atoms with Crippen LogP contribution >= 0.6 is 0 Å². The number of fused-ring (bicyclic) bond motifs is 1. The minimum absolute atomic E-state index is 0.205. The molecule has 4 heteroatoms. The molecule has 3 aromatic rings. The number of hydrogen-bond donors (Lipinski definition) is 1. The maximum atomic E-state index is 12.9. The van der Waals surface area contributed by atoms with Crippen molar-refractivity contribution in [3.8, 4) is 0 Å². The Morgan fingerprint density at radius 1 is 1.17 bits per heavy atom. The van der Waals surface area contributed by atoms with Crippen molar-refractivity contribution in [3.05, 3.63) is 77.8 Å². The predicted octanol–water partition coefficient (Wildman–Crippen LogP) is 4.46. The summed E-state index contributed by atoms with van der Waals surface area (Å²) in [6.07, 6.45) is 3.06. The Hall–Kier alpha value is -2.88. The topological polar surface area (TPSA) is 42.2 Å². The monoisotopic (exact) mass is 309 g/mol. The van der Waals surface area contributed by atoms with E-state index in [0.717, 1.165) is 16.5 Å². The van der Waals surface area contributed by atoms with Crippen molar-refractivity contribution < 1.29 is 13.6 Å². The lowest BCUT2D eigenvalue weighted by molar-refractivity contribution is -0.117. The fourth-order valence-electron chi connectivity index (χ4n) is 2.34. The average Bonchev–Trinajstić information content (AvgIpc) is 2.96. The molecule has 23 heavy (non-hydrogen) atoms. The molecular weight excluding hydrogens is 293 g/mol. The summed E-state index contributed by atoms with van der Waals surface area (Å²) in [5, 5.41) is 3.82. The van der Waals surface area contributed by atoms with Gasteiger partial charge in [-0.25, -0.2) is 4.39 Å². The summed E-state index contributed by atoms with van der Waals surface area (Å²) in [6, 6.07) is 15.4. The maximum absolute atomic E-state index is 12.9. The van der Waals surface area contributed by atoms with Crippen LogP contribution in [0.15, 0.2) is 65.1 Å². The largest absolute Gasteiger partial charge is 0.457 e. The smallest absolute Gasteiger partial charge is 0.244 e. The summed E-state index contributed by atoms with van der Waals surface area (Å²) in [4.78, 5) is 12.0.